The summed E-state index contributed by atoms with van der Waals surface area (Å²) in [6.45, 7) is 0. The topological polar surface area (TPSA) is 76.2 Å². The Hall–Kier alpha value is -2.69. The van der Waals surface area contributed by atoms with Crippen LogP contribution in [0, 0.1) is 0 Å². The number of aromatic nitrogens is 1. The van der Waals surface area contributed by atoms with Crippen molar-refractivity contribution in [2.24, 2.45) is 0 Å². The minimum Gasteiger partial charge on any atom is -0.496 e. The molecule has 1 aromatic heterocycles. The zero-order valence-corrected chi connectivity index (χ0v) is 10.0. The van der Waals surface area contributed by atoms with Crippen LogP contribution in [0.1, 0.15) is 42.5 Å². The zero-order chi connectivity index (χ0) is 13.6. The third kappa shape index (κ3) is 1.45. The molecule has 19 heavy (non-hydrogen) atoms. The summed E-state index contributed by atoms with van der Waals surface area (Å²) in [5.41, 5.74) is 1.12. The van der Waals surface area contributed by atoms with E-state index in [0.29, 0.717) is 12.0 Å². The summed E-state index contributed by atoms with van der Waals surface area (Å²) < 4.78 is 5.13. The summed E-state index contributed by atoms with van der Waals surface area (Å²) in [5, 5.41) is 0. The molecule has 1 aliphatic rings. The third-order valence-electron chi connectivity index (χ3n) is 3.15. The molecular formula is C14H9NO4. The van der Waals surface area contributed by atoms with E-state index < -0.39 is 0 Å². The van der Waals surface area contributed by atoms with E-state index in [0.717, 1.165) is 0 Å². The lowest BCUT2D eigenvalue weighted by Crippen LogP contribution is -2.20. The first-order valence-electron chi connectivity index (χ1n) is 5.62. The van der Waals surface area contributed by atoms with Crippen LogP contribution in [-0.4, -0.2) is 29.9 Å². The molecule has 0 bridgehead atoms. The fourth-order valence-electron chi connectivity index (χ4n) is 2.29. The predicted molar refractivity (Wildman–Crippen MR) is 66.0 cm³/mol. The number of H-pyrrole nitrogens is 1. The van der Waals surface area contributed by atoms with E-state index in [2.05, 4.69) is 4.98 Å². The maximum atomic E-state index is 12.4. The van der Waals surface area contributed by atoms with Gasteiger partial charge >= 0.3 is 0 Å². The number of ketones is 2. The highest BCUT2D eigenvalue weighted by Gasteiger charge is 2.33. The van der Waals surface area contributed by atoms with E-state index in [1.807, 2.05) is 0 Å². The smallest absolute Gasteiger partial charge is 0.210 e. The van der Waals surface area contributed by atoms with Crippen molar-refractivity contribution in [1.29, 1.82) is 0 Å². The minimum atomic E-state index is -0.314. The van der Waals surface area contributed by atoms with Gasteiger partial charge in [0, 0.05) is 5.56 Å². The van der Waals surface area contributed by atoms with Gasteiger partial charge in [0.15, 0.2) is 12.1 Å². The van der Waals surface area contributed by atoms with E-state index in [1.165, 1.54) is 13.2 Å². The normalized spacial score (nSPS) is 12.9. The van der Waals surface area contributed by atoms with Gasteiger partial charge in [0.1, 0.15) is 5.75 Å². The molecule has 0 radical (unpaired) electrons. The van der Waals surface area contributed by atoms with Crippen molar-refractivity contribution in [1.82, 2.24) is 4.98 Å². The van der Waals surface area contributed by atoms with E-state index >= 15 is 0 Å². The number of methoxy groups -OCH3 is 1. The molecule has 0 fully saturated rings. The van der Waals surface area contributed by atoms with Crippen LogP contribution in [0.5, 0.6) is 5.75 Å². The van der Waals surface area contributed by atoms with Gasteiger partial charge in [0.25, 0.3) is 0 Å². The van der Waals surface area contributed by atoms with Crippen molar-refractivity contribution in [3.8, 4) is 5.75 Å². The molecule has 2 aromatic rings. The maximum Gasteiger partial charge on any atom is 0.210 e. The number of ether oxygens (including phenoxy) is 1. The molecule has 3 rings (SSSR count). The number of rotatable bonds is 2. The number of hydrogen-bond acceptors (Lipinski definition) is 4. The lowest BCUT2D eigenvalue weighted by atomic mass is 9.87. The lowest BCUT2D eigenvalue weighted by Gasteiger charge is -2.16. The highest BCUT2D eigenvalue weighted by atomic mass is 16.5. The molecule has 0 unspecified atom stereocenters. The van der Waals surface area contributed by atoms with Crippen LogP contribution in [0.25, 0.3) is 0 Å². The van der Waals surface area contributed by atoms with Crippen LogP contribution >= 0.6 is 0 Å². The van der Waals surface area contributed by atoms with Gasteiger partial charge in [-0.15, -0.1) is 0 Å². The molecule has 1 heterocycles. The molecule has 0 saturated heterocycles. The molecule has 0 atom stereocenters. The first kappa shape index (κ1) is 11.4. The highest BCUT2D eigenvalue weighted by Crippen LogP contribution is 2.32. The maximum absolute atomic E-state index is 12.4. The van der Waals surface area contributed by atoms with E-state index in [1.54, 1.807) is 18.2 Å². The van der Waals surface area contributed by atoms with Gasteiger partial charge in [-0.05, 0) is 18.2 Å². The first-order chi connectivity index (χ1) is 9.17. The van der Waals surface area contributed by atoms with Gasteiger partial charge in [-0.25, -0.2) is 0 Å². The summed E-state index contributed by atoms with van der Waals surface area (Å²) in [4.78, 5) is 38.1. The molecule has 1 aromatic carbocycles. The van der Waals surface area contributed by atoms with Crippen LogP contribution in [0.3, 0.4) is 0 Å². The SMILES string of the molecule is COc1cccc2c1C(=O)c1cc(C=O)[nH]c1C2=O. The van der Waals surface area contributed by atoms with Crippen LogP contribution in [0.15, 0.2) is 24.3 Å². The summed E-state index contributed by atoms with van der Waals surface area (Å²) in [6.07, 6.45) is 0.570. The zero-order valence-electron chi connectivity index (χ0n) is 10.0. The molecule has 0 saturated carbocycles. The molecule has 0 spiro atoms. The summed E-state index contributed by atoms with van der Waals surface area (Å²) in [5.74, 6) is -0.265. The summed E-state index contributed by atoms with van der Waals surface area (Å²) in [7, 11) is 1.44. The van der Waals surface area contributed by atoms with E-state index in [-0.39, 0.29) is 39.6 Å². The van der Waals surface area contributed by atoms with Gasteiger partial charge in [0.05, 0.1) is 29.6 Å². The van der Waals surface area contributed by atoms with Crippen molar-refractivity contribution in [2.45, 2.75) is 0 Å². The van der Waals surface area contributed by atoms with Gasteiger partial charge in [0.2, 0.25) is 5.78 Å². The summed E-state index contributed by atoms with van der Waals surface area (Å²) in [6, 6.07) is 6.24. The van der Waals surface area contributed by atoms with Crippen molar-refractivity contribution < 1.29 is 19.1 Å². The van der Waals surface area contributed by atoms with E-state index in [9.17, 15) is 14.4 Å². The quantitative estimate of drug-likeness (QED) is 0.706. The van der Waals surface area contributed by atoms with Crippen LogP contribution in [0.4, 0.5) is 0 Å². The number of nitrogens with one attached hydrogen (secondary N) is 1. The standard InChI is InChI=1S/C14H9NO4/c1-19-10-4-2-3-8-11(10)13(17)9-5-7(6-16)15-12(9)14(8)18/h2-6,15H,1H3. The van der Waals surface area contributed by atoms with Gasteiger partial charge < -0.3 is 9.72 Å². The molecule has 94 valence electrons. The molecule has 5 nitrogen and oxygen atoms in total. The number of carbonyl (C=O) groups is 3. The Kier molecular flexibility index (Phi) is 2.35. The average molecular weight is 255 g/mol. The number of hydrogen-bond donors (Lipinski definition) is 1. The number of benzene rings is 1. The first-order valence-corrected chi connectivity index (χ1v) is 5.62. The Morgan fingerprint density at radius 3 is 2.63 bits per heavy atom. The highest BCUT2D eigenvalue weighted by molar-refractivity contribution is 6.29. The Bertz CT molecular complexity index is 727. The number of aromatic amines is 1. The number of fused-ring (bicyclic) bond motifs is 2. The number of carbonyl (C=O) groups excluding carboxylic acids is 3. The molecule has 0 aliphatic heterocycles. The van der Waals surface area contributed by atoms with Crippen molar-refractivity contribution in [3.05, 3.63) is 52.3 Å². The predicted octanol–water partition coefficient (Wildman–Crippen LogP) is 1.61. The van der Waals surface area contributed by atoms with Crippen molar-refractivity contribution >= 4 is 17.9 Å². The van der Waals surface area contributed by atoms with Crippen LogP contribution in [0.2, 0.25) is 0 Å². The minimum absolute atomic E-state index is 0.160. The van der Waals surface area contributed by atoms with Crippen LogP contribution in [-0.2, 0) is 0 Å². The van der Waals surface area contributed by atoms with Gasteiger partial charge in [-0.1, -0.05) is 6.07 Å². The monoisotopic (exact) mass is 255 g/mol. The second kappa shape index (κ2) is 3.91. The molecule has 1 aliphatic carbocycles. The van der Waals surface area contributed by atoms with Gasteiger partial charge in [-0.3, -0.25) is 14.4 Å². The Morgan fingerprint density at radius 2 is 1.95 bits per heavy atom. The van der Waals surface area contributed by atoms with Crippen molar-refractivity contribution in [2.75, 3.05) is 7.11 Å². The molecule has 5 heteroatoms. The Labute approximate surface area is 108 Å². The second-order valence-electron chi connectivity index (χ2n) is 4.17. The Balaban J connectivity index is 2.31. The van der Waals surface area contributed by atoms with Crippen molar-refractivity contribution in [3.63, 3.8) is 0 Å². The third-order valence-corrected chi connectivity index (χ3v) is 3.15. The van der Waals surface area contributed by atoms with Gasteiger partial charge in [-0.2, -0.15) is 0 Å². The lowest BCUT2D eigenvalue weighted by molar-refractivity contribution is 0.0974. The number of aldehydes is 1. The molecule has 1 N–H and O–H groups in total. The second-order valence-corrected chi connectivity index (χ2v) is 4.17. The summed E-state index contributed by atoms with van der Waals surface area (Å²) >= 11 is 0. The van der Waals surface area contributed by atoms with Crippen LogP contribution < -0.4 is 4.74 Å². The Morgan fingerprint density at radius 1 is 1.16 bits per heavy atom. The van der Waals surface area contributed by atoms with E-state index in [4.69, 9.17) is 4.74 Å². The fourth-order valence-corrected chi connectivity index (χ4v) is 2.29. The molecular weight excluding hydrogens is 246 g/mol. The average Bonchev–Trinajstić information content (AvgIpc) is 2.88. The largest absolute Gasteiger partial charge is 0.496 e. The molecule has 0 amide bonds. The fraction of sp³-hybridized carbons (Fsp3) is 0.0714.